The summed E-state index contributed by atoms with van der Waals surface area (Å²) in [7, 11) is 0. The first-order valence-corrected chi connectivity index (χ1v) is 13.1. The van der Waals surface area contributed by atoms with Gasteiger partial charge in [-0.05, 0) is 50.2 Å². The van der Waals surface area contributed by atoms with Crippen LogP contribution in [0.4, 0.5) is 13.2 Å². The Hall–Kier alpha value is -4.32. The van der Waals surface area contributed by atoms with E-state index >= 15 is 0 Å². The maximum Gasteiger partial charge on any atom is 0.326 e. The number of benzene rings is 1. The Labute approximate surface area is 228 Å². The molecule has 0 bridgehead atoms. The summed E-state index contributed by atoms with van der Waals surface area (Å²) < 4.78 is 46.3. The quantitative estimate of drug-likeness (QED) is 0.285. The van der Waals surface area contributed by atoms with Crippen molar-refractivity contribution in [2.75, 3.05) is 13.1 Å². The van der Waals surface area contributed by atoms with Crippen LogP contribution in [-0.4, -0.2) is 42.8 Å². The average molecular weight is 554 g/mol. The van der Waals surface area contributed by atoms with Crippen LogP contribution in [0, 0.1) is 5.82 Å². The van der Waals surface area contributed by atoms with Crippen molar-refractivity contribution in [2.24, 2.45) is 0 Å². The van der Waals surface area contributed by atoms with E-state index in [0.29, 0.717) is 33.4 Å². The molecule has 12 heteroatoms. The highest BCUT2D eigenvalue weighted by atomic mass is 19.3. The third-order valence-corrected chi connectivity index (χ3v) is 6.06. The van der Waals surface area contributed by atoms with Crippen molar-refractivity contribution < 1.29 is 17.6 Å². The lowest BCUT2D eigenvalue weighted by molar-refractivity contribution is 0.116. The van der Waals surface area contributed by atoms with Crippen LogP contribution >= 0.6 is 0 Å². The molecule has 1 fully saturated rings. The third-order valence-electron chi connectivity index (χ3n) is 6.06. The summed E-state index contributed by atoms with van der Waals surface area (Å²) in [5.41, 5.74) is 2.18. The summed E-state index contributed by atoms with van der Waals surface area (Å²) in [6.45, 7) is 6.57. The van der Waals surface area contributed by atoms with Crippen molar-refractivity contribution in [2.45, 2.75) is 46.1 Å². The van der Waals surface area contributed by atoms with Gasteiger partial charge in [0.25, 0.3) is 5.89 Å². The van der Waals surface area contributed by atoms with Gasteiger partial charge in [0.2, 0.25) is 5.89 Å². The Bertz CT molecular complexity index is 1550. The van der Waals surface area contributed by atoms with E-state index in [2.05, 4.69) is 30.5 Å². The first-order valence-electron chi connectivity index (χ1n) is 13.1. The maximum atomic E-state index is 14.8. The largest absolute Gasteiger partial charge is 0.415 e. The highest BCUT2D eigenvalue weighted by Crippen LogP contribution is 2.27. The number of pyridine rings is 2. The Morgan fingerprint density at radius 3 is 2.40 bits per heavy atom. The topological polar surface area (TPSA) is 115 Å². The molecule has 4 aromatic heterocycles. The van der Waals surface area contributed by atoms with Gasteiger partial charge >= 0.3 is 12.1 Å². The molecular formula is C28H30F3N7O2. The molecule has 1 saturated heterocycles. The van der Waals surface area contributed by atoms with E-state index in [4.69, 9.17) is 4.42 Å². The lowest BCUT2D eigenvalue weighted by atomic mass is 10.1. The molecule has 0 amide bonds. The third kappa shape index (κ3) is 6.81. The second-order valence-electron chi connectivity index (χ2n) is 8.70. The van der Waals surface area contributed by atoms with Crippen LogP contribution < -0.4 is 11.0 Å². The zero-order valence-electron chi connectivity index (χ0n) is 22.2. The minimum atomic E-state index is -2.86. The van der Waals surface area contributed by atoms with Gasteiger partial charge in [-0.3, -0.25) is 14.5 Å². The molecule has 6 rings (SSSR count). The SMILES string of the molecule is C1CCNCC1.CC.O=c1[nH]c2cc(-c3cccnc3)c(F)cc2n1Cc1ccc(-c2nnc(C(F)F)o2)cn1. The average Bonchev–Trinajstić information content (AvgIpc) is 3.61. The number of hydrogen-bond acceptors (Lipinski definition) is 7. The molecule has 0 aliphatic carbocycles. The van der Waals surface area contributed by atoms with Crippen LogP contribution in [0.5, 0.6) is 0 Å². The van der Waals surface area contributed by atoms with Crippen LogP contribution in [-0.2, 0) is 6.54 Å². The van der Waals surface area contributed by atoms with E-state index in [1.165, 1.54) is 49.2 Å². The van der Waals surface area contributed by atoms with Gasteiger partial charge in [0, 0.05) is 35.8 Å². The minimum Gasteiger partial charge on any atom is -0.415 e. The number of halogens is 3. The van der Waals surface area contributed by atoms with Gasteiger partial charge < -0.3 is 14.7 Å². The van der Waals surface area contributed by atoms with Crippen molar-refractivity contribution in [1.82, 2.24) is 35.0 Å². The fourth-order valence-corrected chi connectivity index (χ4v) is 4.13. The molecule has 0 unspecified atom stereocenters. The van der Waals surface area contributed by atoms with Crippen LogP contribution in [0.3, 0.4) is 0 Å². The molecule has 2 N–H and O–H groups in total. The zero-order chi connectivity index (χ0) is 28.5. The number of alkyl halides is 2. The standard InChI is InChI=1S/C21H13F3N6O2.C5H11N.C2H6/c22-15-7-17-16(6-14(15)11-2-1-5-25-8-11)27-21(31)30(17)10-13-4-3-12(9-26-13)19-28-29-20(32-19)18(23)24;1-2-4-6-5-3-1;1-2/h1-9,18H,10H2,(H,27,31);6H,1-5H2;1-2H3. The van der Waals surface area contributed by atoms with Crippen molar-refractivity contribution in [1.29, 1.82) is 0 Å². The van der Waals surface area contributed by atoms with Crippen LogP contribution in [0.2, 0.25) is 0 Å². The monoisotopic (exact) mass is 553 g/mol. The lowest BCUT2D eigenvalue weighted by Crippen LogP contribution is -2.21. The van der Waals surface area contributed by atoms with Gasteiger partial charge in [-0.25, -0.2) is 9.18 Å². The predicted molar refractivity (Wildman–Crippen MR) is 145 cm³/mol. The second-order valence-corrected chi connectivity index (χ2v) is 8.70. The number of aromatic amines is 1. The number of hydrogen-bond donors (Lipinski definition) is 2. The predicted octanol–water partition coefficient (Wildman–Crippen LogP) is 5.75. The summed E-state index contributed by atoms with van der Waals surface area (Å²) in [6.07, 6.45) is 5.86. The van der Waals surface area contributed by atoms with E-state index in [1.54, 1.807) is 42.7 Å². The highest BCUT2D eigenvalue weighted by Gasteiger charge is 2.18. The molecule has 1 aliphatic heterocycles. The number of nitrogens with one attached hydrogen (secondary N) is 2. The van der Waals surface area contributed by atoms with Gasteiger partial charge in [0.05, 0.1) is 28.8 Å². The molecule has 210 valence electrons. The number of nitrogens with zero attached hydrogens (tertiary/aromatic N) is 5. The van der Waals surface area contributed by atoms with E-state index in [1.807, 2.05) is 13.8 Å². The van der Waals surface area contributed by atoms with Crippen molar-refractivity contribution in [3.05, 3.63) is 82.9 Å². The fourth-order valence-electron chi connectivity index (χ4n) is 4.13. The van der Waals surface area contributed by atoms with Crippen molar-refractivity contribution in [3.63, 3.8) is 0 Å². The number of rotatable bonds is 5. The van der Waals surface area contributed by atoms with Crippen molar-refractivity contribution in [3.8, 4) is 22.6 Å². The van der Waals surface area contributed by atoms with E-state index in [0.717, 1.165) is 0 Å². The number of imidazole rings is 1. The molecule has 0 saturated carbocycles. The molecular weight excluding hydrogens is 523 g/mol. The number of H-pyrrole nitrogens is 1. The molecule has 9 nitrogen and oxygen atoms in total. The van der Waals surface area contributed by atoms with E-state index < -0.39 is 23.8 Å². The first kappa shape index (κ1) is 28.7. The van der Waals surface area contributed by atoms with Gasteiger partial charge in [-0.2, -0.15) is 8.78 Å². The molecule has 5 aromatic rings. The maximum absolute atomic E-state index is 14.8. The smallest absolute Gasteiger partial charge is 0.326 e. The normalized spacial score (nSPS) is 12.9. The van der Waals surface area contributed by atoms with Gasteiger partial charge in [-0.15, -0.1) is 10.2 Å². The van der Waals surface area contributed by atoms with Gasteiger partial charge in [0.15, 0.2) is 0 Å². The number of aromatic nitrogens is 6. The summed E-state index contributed by atoms with van der Waals surface area (Å²) in [5, 5.41) is 10.1. The molecule has 1 aromatic carbocycles. The Balaban J connectivity index is 0.000000404. The van der Waals surface area contributed by atoms with Gasteiger partial charge in [-0.1, -0.05) is 26.3 Å². The fraction of sp³-hybridized carbons (Fsp3) is 0.321. The second kappa shape index (κ2) is 13.7. The summed E-state index contributed by atoms with van der Waals surface area (Å²) >= 11 is 0. The van der Waals surface area contributed by atoms with Gasteiger partial charge in [0.1, 0.15) is 5.82 Å². The molecule has 0 spiro atoms. The van der Waals surface area contributed by atoms with Crippen LogP contribution in [0.25, 0.3) is 33.6 Å². The molecule has 0 atom stereocenters. The number of piperidine rings is 1. The van der Waals surface area contributed by atoms with Crippen LogP contribution in [0.15, 0.2) is 64.2 Å². The molecule has 40 heavy (non-hydrogen) atoms. The highest BCUT2D eigenvalue weighted by molar-refractivity contribution is 5.82. The molecule has 5 heterocycles. The number of fused-ring (bicyclic) bond motifs is 1. The van der Waals surface area contributed by atoms with Crippen LogP contribution in [0.1, 0.15) is 51.1 Å². The Morgan fingerprint density at radius 2 is 1.82 bits per heavy atom. The Kier molecular flexibility index (Phi) is 9.79. The Morgan fingerprint density at radius 1 is 1.02 bits per heavy atom. The molecule has 1 aliphatic rings. The summed E-state index contributed by atoms with van der Waals surface area (Å²) in [4.78, 5) is 23.4. The molecule has 0 radical (unpaired) electrons. The minimum absolute atomic E-state index is 0.0664. The lowest BCUT2D eigenvalue weighted by Gasteiger charge is -2.08. The zero-order valence-corrected chi connectivity index (χ0v) is 22.2. The summed E-state index contributed by atoms with van der Waals surface area (Å²) in [6, 6.07) is 9.43. The van der Waals surface area contributed by atoms with Crippen molar-refractivity contribution >= 4 is 11.0 Å². The summed E-state index contributed by atoms with van der Waals surface area (Å²) in [5.74, 6) is -1.36. The van der Waals surface area contributed by atoms with E-state index in [9.17, 15) is 18.0 Å². The first-order chi connectivity index (χ1) is 19.5. The van der Waals surface area contributed by atoms with E-state index in [-0.39, 0.29) is 12.4 Å².